The molecule has 0 atom stereocenters. The third-order valence-electron chi connectivity index (χ3n) is 3.87. The molecule has 3 rings (SSSR count). The van der Waals surface area contributed by atoms with E-state index >= 15 is 0 Å². The van der Waals surface area contributed by atoms with Gasteiger partial charge in [0.05, 0.1) is 6.54 Å². The van der Waals surface area contributed by atoms with Crippen LogP contribution in [-0.2, 0) is 12.7 Å². The maximum absolute atomic E-state index is 13.0. The summed E-state index contributed by atoms with van der Waals surface area (Å²) in [5.74, 6) is 0. The number of benzene rings is 1. The van der Waals surface area contributed by atoms with Crippen molar-refractivity contribution < 1.29 is 22.0 Å². The molecule has 0 aliphatic carbocycles. The van der Waals surface area contributed by atoms with E-state index in [2.05, 4.69) is 10.3 Å². The Morgan fingerprint density at radius 2 is 1.81 bits per heavy atom. The van der Waals surface area contributed by atoms with Crippen LogP contribution in [0.4, 0.5) is 22.0 Å². The predicted octanol–water partition coefficient (Wildman–Crippen LogP) is 3.74. The fourth-order valence-electron chi connectivity index (χ4n) is 2.62. The monoisotopic (exact) mass is 383 g/mol. The van der Waals surface area contributed by atoms with Gasteiger partial charge in [0.1, 0.15) is 5.65 Å². The number of halogens is 5. The normalized spacial score (nSPS) is 12.1. The Hall–Kier alpha value is -2.81. The number of aromatic nitrogens is 2. The first kappa shape index (κ1) is 19.0. The average molecular weight is 383 g/mol. The second kappa shape index (κ2) is 7.43. The molecule has 0 bridgehead atoms. The summed E-state index contributed by atoms with van der Waals surface area (Å²) < 4.78 is 64.3. The van der Waals surface area contributed by atoms with E-state index in [1.165, 1.54) is 12.3 Å². The van der Waals surface area contributed by atoms with Crippen molar-refractivity contribution in [1.82, 2.24) is 14.7 Å². The molecule has 27 heavy (non-hydrogen) atoms. The molecule has 1 N–H and O–H groups in total. The zero-order valence-electron chi connectivity index (χ0n) is 13.8. The van der Waals surface area contributed by atoms with Crippen LogP contribution in [0.3, 0.4) is 0 Å². The topological polar surface area (TPSA) is 46.4 Å². The molecule has 4 nitrogen and oxygen atoms in total. The molecule has 0 radical (unpaired) electrons. The molecular weight excluding hydrogens is 369 g/mol. The van der Waals surface area contributed by atoms with Gasteiger partial charge in [-0.25, -0.2) is 13.8 Å². The maximum Gasteiger partial charge on any atom is 0.433 e. The van der Waals surface area contributed by atoms with Crippen LogP contribution in [0.5, 0.6) is 0 Å². The van der Waals surface area contributed by atoms with Gasteiger partial charge in [-0.2, -0.15) is 13.2 Å². The first-order chi connectivity index (χ1) is 12.8. The molecule has 2 heterocycles. The van der Waals surface area contributed by atoms with Crippen molar-refractivity contribution in [2.45, 2.75) is 19.1 Å². The minimum Gasteiger partial charge on any atom is -0.307 e. The Labute approximate surface area is 150 Å². The lowest BCUT2D eigenvalue weighted by atomic mass is 10.0. The highest BCUT2D eigenvalue weighted by atomic mass is 19.4. The Balaban J connectivity index is 1.99. The molecule has 1 aromatic carbocycles. The van der Waals surface area contributed by atoms with Gasteiger partial charge in [0, 0.05) is 24.4 Å². The Morgan fingerprint density at radius 1 is 1.11 bits per heavy atom. The summed E-state index contributed by atoms with van der Waals surface area (Å²) in [6, 6.07) is 10.2. The van der Waals surface area contributed by atoms with Gasteiger partial charge in [-0.3, -0.25) is 9.20 Å². The van der Waals surface area contributed by atoms with E-state index in [4.69, 9.17) is 0 Å². The van der Waals surface area contributed by atoms with Crippen molar-refractivity contribution >= 4 is 5.65 Å². The van der Waals surface area contributed by atoms with E-state index in [0.717, 1.165) is 9.96 Å². The molecule has 142 valence electrons. The van der Waals surface area contributed by atoms with E-state index in [0.29, 0.717) is 17.2 Å². The van der Waals surface area contributed by atoms with E-state index in [9.17, 15) is 26.7 Å². The third kappa shape index (κ3) is 4.30. The van der Waals surface area contributed by atoms with E-state index in [-0.39, 0.29) is 12.2 Å². The van der Waals surface area contributed by atoms with Gasteiger partial charge in [0.15, 0.2) is 5.69 Å². The summed E-state index contributed by atoms with van der Waals surface area (Å²) in [6.07, 6.45) is -5.84. The number of fused-ring (bicyclic) bond motifs is 1. The standard InChI is InChI=1S/C18H14F5N3O/c19-15(20)10-24-9-11-3-5-12(6-4-11)13-2-1-7-26-16(27)8-14(18(21,22)23)25-17(13)26/h1-8,15,24H,9-10H2. The number of nitrogens with one attached hydrogen (secondary N) is 1. The molecule has 0 saturated heterocycles. The first-order valence-corrected chi connectivity index (χ1v) is 7.93. The Bertz CT molecular complexity index is 997. The molecule has 2 aromatic heterocycles. The summed E-state index contributed by atoms with van der Waals surface area (Å²) >= 11 is 0. The van der Waals surface area contributed by atoms with Gasteiger partial charge in [0.2, 0.25) is 0 Å². The van der Waals surface area contributed by atoms with Crippen LogP contribution >= 0.6 is 0 Å². The summed E-state index contributed by atoms with van der Waals surface area (Å²) in [5.41, 5.74) is -0.555. The lowest BCUT2D eigenvalue weighted by molar-refractivity contribution is -0.141. The largest absolute Gasteiger partial charge is 0.433 e. The maximum atomic E-state index is 13.0. The molecule has 0 unspecified atom stereocenters. The second-order valence-corrected chi connectivity index (χ2v) is 5.81. The van der Waals surface area contributed by atoms with Crippen LogP contribution in [0.2, 0.25) is 0 Å². The van der Waals surface area contributed by atoms with Gasteiger partial charge >= 0.3 is 6.18 Å². The zero-order valence-corrected chi connectivity index (χ0v) is 13.8. The summed E-state index contributed by atoms with van der Waals surface area (Å²) in [7, 11) is 0. The van der Waals surface area contributed by atoms with E-state index in [1.807, 2.05) is 0 Å². The average Bonchev–Trinajstić information content (AvgIpc) is 2.61. The molecule has 3 aromatic rings. The second-order valence-electron chi connectivity index (χ2n) is 5.81. The molecule has 0 aliphatic heterocycles. The van der Waals surface area contributed by atoms with Gasteiger partial charge in [-0.1, -0.05) is 24.3 Å². The lowest BCUT2D eigenvalue weighted by Gasteiger charge is -2.11. The van der Waals surface area contributed by atoms with Crippen LogP contribution in [0.25, 0.3) is 16.8 Å². The van der Waals surface area contributed by atoms with Gasteiger partial charge < -0.3 is 5.32 Å². The van der Waals surface area contributed by atoms with Crippen LogP contribution < -0.4 is 10.9 Å². The molecule has 0 spiro atoms. The highest BCUT2D eigenvalue weighted by Crippen LogP contribution is 2.29. The molecular formula is C18H14F5N3O. The highest BCUT2D eigenvalue weighted by molar-refractivity contribution is 5.77. The number of alkyl halides is 5. The number of pyridine rings is 1. The van der Waals surface area contributed by atoms with E-state index < -0.39 is 30.4 Å². The Kier molecular flexibility index (Phi) is 5.22. The molecule has 9 heteroatoms. The van der Waals surface area contributed by atoms with Crippen LogP contribution in [-0.4, -0.2) is 22.4 Å². The molecule has 0 aliphatic rings. The van der Waals surface area contributed by atoms with Crippen LogP contribution in [0, 0.1) is 0 Å². The Morgan fingerprint density at radius 3 is 2.44 bits per heavy atom. The number of rotatable bonds is 5. The molecule has 0 amide bonds. The first-order valence-electron chi connectivity index (χ1n) is 7.93. The smallest absolute Gasteiger partial charge is 0.307 e. The van der Waals surface area contributed by atoms with Crippen LogP contribution in [0.1, 0.15) is 11.3 Å². The van der Waals surface area contributed by atoms with Gasteiger partial charge in [0.25, 0.3) is 12.0 Å². The fraction of sp³-hybridized carbons (Fsp3) is 0.222. The van der Waals surface area contributed by atoms with Gasteiger partial charge in [-0.15, -0.1) is 0 Å². The van der Waals surface area contributed by atoms with E-state index in [1.54, 1.807) is 30.3 Å². The van der Waals surface area contributed by atoms with Crippen molar-refractivity contribution in [2.24, 2.45) is 0 Å². The van der Waals surface area contributed by atoms with Crippen LogP contribution in [0.15, 0.2) is 53.5 Å². The van der Waals surface area contributed by atoms with Crippen molar-refractivity contribution in [3.8, 4) is 11.1 Å². The van der Waals surface area contributed by atoms with Crippen molar-refractivity contribution in [2.75, 3.05) is 6.54 Å². The zero-order chi connectivity index (χ0) is 19.6. The van der Waals surface area contributed by atoms with Gasteiger partial charge in [-0.05, 0) is 23.3 Å². The summed E-state index contributed by atoms with van der Waals surface area (Å²) in [5, 5.41) is 2.59. The highest BCUT2D eigenvalue weighted by Gasteiger charge is 2.33. The minimum atomic E-state index is -4.73. The number of nitrogens with zero attached hydrogens (tertiary/aromatic N) is 2. The van der Waals surface area contributed by atoms with Crippen molar-refractivity contribution in [3.63, 3.8) is 0 Å². The minimum absolute atomic E-state index is 0.110. The number of hydrogen-bond acceptors (Lipinski definition) is 3. The molecule has 0 saturated carbocycles. The summed E-state index contributed by atoms with van der Waals surface area (Å²) in [4.78, 5) is 15.6. The van der Waals surface area contributed by atoms with Crippen molar-refractivity contribution in [1.29, 1.82) is 0 Å². The van der Waals surface area contributed by atoms with Crippen molar-refractivity contribution in [3.05, 3.63) is 70.3 Å². The number of hydrogen-bond donors (Lipinski definition) is 1. The fourth-order valence-corrected chi connectivity index (χ4v) is 2.62. The predicted molar refractivity (Wildman–Crippen MR) is 89.6 cm³/mol. The quantitative estimate of drug-likeness (QED) is 0.683. The summed E-state index contributed by atoms with van der Waals surface area (Å²) in [6.45, 7) is -0.200. The molecule has 0 fully saturated rings. The third-order valence-corrected chi connectivity index (χ3v) is 3.87. The SMILES string of the molecule is O=c1cc(C(F)(F)F)nc2c(-c3ccc(CNCC(F)F)cc3)cccn12. The lowest BCUT2D eigenvalue weighted by Crippen LogP contribution is -2.20.